The maximum atomic E-state index is 12.9. The van der Waals surface area contributed by atoms with Gasteiger partial charge in [-0.05, 0) is 12.1 Å². The number of rotatable bonds is 4. The highest BCUT2D eigenvalue weighted by atomic mass is 16.5. The highest BCUT2D eigenvalue weighted by Crippen LogP contribution is 2.33. The quantitative estimate of drug-likeness (QED) is 0.400. The summed E-state index contributed by atoms with van der Waals surface area (Å²) >= 11 is 0. The first-order chi connectivity index (χ1) is 14.4. The van der Waals surface area contributed by atoms with Crippen molar-refractivity contribution in [3.05, 3.63) is 100 Å². The normalized spacial score (nSPS) is 13.2. The number of nitrogens with two attached hydrogens (primary N) is 2. The Balaban J connectivity index is 1.73. The summed E-state index contributed by atoms with van der Waals surface area (Å²) in [5.41, 5.74) is 12.2. The van der Waals surface area contributed by atoms with Crippen LogP contribution in [0.15, 0.2) is 66.7 Å². The molecule has 1 aliphatic rings. The molecule has 7 nitrogen and oxygen atoms in total. The highest BCUT2D eigenvalue weighted by molar-refractivity contribution is 6.30. The highest BCUT2D eigenvalue weighted by Gasteiger charge is 2.33. The SMILES string of the molecule is NC(=O)C(OC(=O)c1ccc2c(c1N)C(=O)c1ccccc1C2=O)c1ccccc1. The monoisotopic (exact) mass is 400 g/mol. The molecule has 4 rings (SSSR count). The van der Waals surface area contributed by atoms with Crippen molar-refractivity contribution in [2.75, 3.05) is 5.73 Å². The van der Waals surface area contributed by atoms with Crippen LogP contribution >= 0.6 is 0 Å². The lowest BCUT2D eigenvalue weighted by Crippen LogP contribution is -2.27. The van der Waals surface area contributed by atoms with Gasteiger partial charge in [0.25, 0.3) is 5.91 Å². The number of primary amides is 1. The molecule has 0 bridgehead atoms. The van der Waals surface area contributed by atoms with E-state index in [9.17, 15) is 19.2 Å². The number of hydrogen-bond acceptors (Lipinski definition) is 6. The van der Waals surface area contributed by atoms with E-state index in [2.05, 4.69) is 0 Å². The van der Waals surface area contributed by atoms with Gasteiger partial charge < -0.3 is 16.2 Å². The second kappa shape index (κ2) is 7.29. The maximum Gasteiger partial charge on any atom is 0.341 e. The predicted octanol–water partition coefficient (Wildman–Crippen LogP) is 2.43. The van der Waals surface area contributed by atoms with Crippen LogP contribution in [0.4, 0.5) is 5.69 Å². The standard InChI is InChI=1S/C23H16N2O5/c24-18-16(23(29)30-21(22(25)28)12-6-2-1-3-7-12)11-10-15-17(18)20(27)14-9-5-4-8-13(14)19(15)26/h1-11,21H,24H2,(H2,25,28). The summed E-state index contributed by atoms with van der Waals surface area (Å²) in [6.45, 7) is 0. The molecule has 1 atom stereocenters. The Morgan fingerprint density at radius 2 is 1.37 bits per heavy atom. The summed E-state index contributed by atoms with van der Waals surface area (Å²) < 4.78 is 5.30. The van der Waals surface area contributed by atoms with Gasteiger partial charge in [0, 0.05) is 22.3 Å². The zero-order chi connectivity index (χ0) is 21.4. The summed E-state index contributed by atoms with van der Waals surface area (Å²) in [5.74, 6) is -2.60. The minimum Gasteiger partial charge on any atom is -0.444 e. The molecular formula is C23H16N2O5. The number of fused-ring (bicyclic) bond motifs is 2. The van der Waals surface area contributed by atoms with Crippen molar-refractivity contribution >= 4 is 29.1 Å². The number of esters is 1. The van der Waals surface area contributed by atoms with E-state index in [1.54, 1.807) is 48.5 Å². The van der Waals surface area contributed by atoms with Crippen LogP contribution in [-0.2, 0) is 9.53 Å². The molecule has 0 saturated heterocycles. The van der Waals surface area contributed by atoms with Crippen molar-refractivity contribution in [2.45, 2.75) is 6.10 Å². The van der Waals surface area contributed by atoms with Crippen LogP contribution in [0.2, 0.25) is 0 Å². The van der Waals surface area contributed by atoms with Crippen LogP contribution in [0.25, 0.3) is 0 Å². The van der Waals surface area contributed by atoms with Gasteiger partial charge in [0.1, 0.15) is 0 Å². The Hall–Kier alpha value is -4.26. The second-order valence-corrected chi connectivity index (χ2v) is 6.75. The zero-order valence-electron chi connectivity index (χ0n) is 15.6. The number of benzene rings is 3. The largest absolute Gasteiger partial charge is 0.444 e. The number of carbonyl (C=O) groups excluding carboxylic acids is 4. The van der Waals surface area contributed by atoms with E-state index in [4.69, 9.17) is 16.2 Å². The molecule has 4 N–H and O–H groups in total. The number of hydrogen-bond donors (Lipinski definition) is 2. The number of carbonyl (C=O) groups is 4. The van der Waals surface area contributed by atoms with Gasteiger partial charge in [-0.15, -0.1) is 0 Å². The molecule has 0 heterocycles. The lowest BCUT2D eigenvalue weighted by molar-refractivity contribution is -0.127. The summed E-state index contributed by atoms with van der Waals surface area (Å²) in [5, 5.41) is 0. The smallest absolute Gasteiger partial charge is 0.341 e. The average Bonchev–Trinajstić information content (AvgIpc) is 2.76. The molecule has 0 aromatic heterocycles. The van der Waals surface area contributed by atoms with E-state index >= 15 is 0 Å². The number of anilines is 1. The Morgan fingerprint density at radius 3 is 2.00 bits per heavy atom. The fourth-order valence-corrected chi connectivity index (χ4v) is 3.48. The van der Waals surface area contributed by atoms with E-state index in [0.29, 0.717) is 5.56 Å². The lowest BCUT2D eigenvalue weighted by atomic mass is 9.82. The van der Waals surface area contributed by atoms with E-state index < -0.39 is 23.8 Å². The van der Waals surface area contributed by atoms with Crippen LogP contribution in [0.1, 0.15) is 53.9 Å². The third-order valence-electron chi connectivity index (χ3n) is 4.94. The number of amides is 1. The van der Waals surface area contributed by atoms with Crippen LogP contribution < -0.4 is 11.5 Å². The topological polar surface area (TPSA) is 130 Å². The third kappa shape index (κ3) is 3.02. The van der Waals surface area contributed by atoms with E-state index in [1.807, 2.05) is 0 Å². The molecule has 0 fully saturated rings. The summed E-state index contributed by atoms with van der Waals surface area (Å²) in [4.78, 5) is 50.3. The molecule has 148 valence electrons. The molecule has 3 aromatic carbocycles. The Kier molecular flexibility index (Phi) is 4.63. The zero-order valence-corrected chi connectivity index (χ0v) is 15.6. The first-order valence-corrected chi connectivity index (χ1v) is 9.06. The van der Waals surface area contributed by atoms with Gasteiger partial charge in [-0.2, -0.15) is 0 Å². The number of ketones is 2. The van der Waals surface area contributed by atoms with Gasteiger partial charge in [0.05, 0.1) is 16.8 Å². The minimum absolute atomic E-state index is 0.0523. The minimum atomic E-state index is -1.33. The van der Waals surface area contributed by atoms with Crippen molar-refractivity contribution < 1.29 is 23.9 Å². The second-order valence-electron chi connectivity index (χ2n) is 6.75. The summed E-state index contributed by atoms with van der Waals surface area (Å²) in [6.07, 6.45) is -1.33. The Labute approximate surface area is 171 Å². The van der Waals surface area contributed by atoms with Crippen molar-refractivity contribution in [1.82, 2.24) is 0 Å². The molecule has 30 heavy (non-hydrogen) atoms. The molecule has 0 aliphatic heterocycles. The van der Waals surface area contributed by atoms with Gasteiger partial charge in [0.15, 0.2) is 11.6 Å². The fourth-order valence-electron chi connectivity index (χ4n) is 3.48. The number of ether oxygens (including phenoxy) is 1. The first-order valence-electron chi connectivity index (χ1n) is 9.06. The first kappa shape index (κ1) is 19.1. The van der Waals surface area contributed by atoms with Gasteiger partial charge in [-0.25, -0.2) is 4.79 Å². The lowest BCUT2D eigenvalue weighted by Gasteiger charge is -2.21. The maximum absolute atomic E-state index is 12.9. The van der Waals surface area contributed by atoms with E-state index in [1.165, 1.54) is 18.2 Å². The Morgan fingerprint density at radius 1 is 0.767 bits per heavy atom. The molecule has 7 heteroatoms. The average molecular weight is 400 g/mol. The van der Waals surface area contributed by atoms with Gasteiger partial charge >= 0.3 is 5.97 Å². The van der Waals surface area contributed by atoms with Crippen LogP contribution in [0, 0.1) is 0 Å². The molecule has 0 saturated carbocycles. The van der Waals surface area contributed by atoms with E-state index in [-0.39, 0.29) is 39.3 Å². The fraction of sp³-hybridized carbons (Fsp3) is 0.0435. The van der Waals surface area contributed by atoms with Gasteiger partial charge in [-0.1, -0.05) is 54.6 Å². The van der Waals surface area contributed by atoms with Crippen molar-refractivity contribution in [2.24, 2.45) is 5.73 Å². The molecule has 1 amide bonds. The van der Waals surface area contributed by atoms with E-state index in [0.717, 1.165) is 0 Å². The van der Waals surface area contributed by atoms with Crippen molar-refractivity contribution in [3.63, 3.8) is 0 Å². The molecular weight excluding hydrogens is 384 g/mol. The number of nitrogen functional groups attached to an aromatic ring is 1. The Bertz CT molecular complexity index is 1220. The third-order valence-corrected chi connectivity index (χ3v) is 4.94. The van der Waals surface area contributed by atoms with Gasteiger partial charge in [0.2, 0.25) is 6.10 Å². The van der Waals surface area contributed by atoms with Crippen LogP contribution in [0.5, 0.6) is 0 Å². The van der Waals surface area contributed by atoms with Crippen LogP contribution in [-0.4, -0.2) is 23.4 Å². The molecule has 0 spiro atoms. The molecule has 1 aliphatic carbocycles. The van der Waals surface area contributed by atoms with Crippen molar-refractivity contribution in [3.8, 4) is 0 Å². The predicted molar refractivity (Wildman–Crippen MR) is 108 cm³/mol. The van der Waals surface area contributed by atoms with Crippen LogP contribution in [0.3, 0.4) is 0 Å². The molecule has 0 radical (unpaired) electrons. The summed E-state index contributed by atoms with van der Waals surface area (Å²) in [6, 6.07) is 17.3. The summed E-state index contributed by atoms with van der Waals surface area (Å²) in [7, 11) is 0. The molecule has 3 aromatic rings. The van der Waals surface area contributed by atoms with Gasteiger partial charge in [-0.3, -0.25) is 14.4 Å². The van der Waals surface area contributed by atoms with Crippen molar-refractivity contribution in [1.29, 1.82) is 0 Å². The molecule has 1 unspecified atom stereocenters.